The van der Waals surface area contributed by atoms with Crippen LogP contribution in [0.25, 0.3) is 0 Å². The van der Waals surface area contributed by atoms with Crippen molar-refractivity contribution in [3.63, 3.8) is 0 Å². The minimum absolute atomic E-state index is 0.00394. The first-order valence-corrected chi connectivity index (χ1v) is 6.55. The summed E-state index contributed by atoms with van der Waals surface area (Å²) in [6.07, 6.45) is -0.350. The molecule has 0 spiro atoms. The number of hydrogen-bond donors (Lipinski definition) is 1. The number of anilines is 1. The molecule has 0 aromatic heterocycles. The Balaban J connectivity index is 2.54. The largest absolute Gasteiger partial charge is 0.462 e. The first kappa shape index (κ1) is 15.0. The van der Waals surface area contributed by atoms with Crippen molar-refractivity contribution in [1.29, 1.82) is 0 Å². The third kappa shape index (κ3) is 2.86. The van der Waals surface area contributed by atoms with Gasteiger partial charge in [0.2, 0.25) is 6.79 Å². The smallest absolute Gasteiger partial charge is 0.341 e. The van der Waals surface area contributed by atoms with Crippen molar-refractivity contribution in [3.8, 4) is 11.5 Å². The van der Waals surface area contributed by atoms with Crippen LogP contribution in [-0.4, -0.2) is 31.4 Å². The second-order valence-electron chi connectivity index (χ2n) is 4.62. The van der Waals surface area contributed by atoms with Crippen molar-refractivity contribution in [1.82, 2.24) is 0 Å². The Morgan fingerprint density at radius 2 is 2.05 bits per heavy atom. The summed E-state index contributed by atoms with van der Waals surface area (Å²) in [6.45, 7) is 5.22. The number of carbonyl (C=O) groups is 2. The fourth-order valence-electron chi connectivity index (χ4n) is 1.93. The number of esters is 2. The van der Waals surface area contributed by atoms with Gasteiger partial charge in [-0.1, -0.05) is 0 Å². The lowest BCUT2D eigenvalue weighted by Gasteiger charge is -2.14. The SMILES string of the molecule is CCOC(=O)c1cc2c(c(N)c1C(=O)OC(C)C)OCO2. The predicted molar refractivity (Wildman–Crippen MR) is 73.5 cm³/mol. The highest BCUT2D eigenvalue weighted by atomic mass is 16.7. The first-order valence-electron chi connectivity index (χ1n) is 6.55. The molecule has 1 aliphatic rings. The van der Waals surface area contributed by atoms with Crippen molar-refractivity contribution >= 4 is 17.6 Å². The van der Waals surface area contributed by atoms with Crippen molar-refractivity contribution in [2.45, 2.75) is 26.9 Å². The molecule has 0 atom stereocenters. The Morgan fingerprint density at radius 3 is 2.67 bits per heavy atom. The summed E-state index contributed by atoms with van der Waals surface area (Å²) in [4.78, 5) is 24.2. The van der Waals surface area contributed by atoms with Crippen LogP contribution in [0.5, 0.6) is 11.5 Å². The van der Waals surface area contributed by atoms with E-state index in [1.165, 1.54) is 6.07 Å². The van der Waals surface area contributed by atoms with E-state index < -0.39 is 11.9 Å². The molecule has 7 nitrogen and oxygen atoms in total. The zero-order chi connectivity index (χ0) is 15.6. The van der Waals surface area contributed by atoms with E-state index in [1.54, 1.807) is 20.8 Å². The van der Waals surface area contributed by atoms with Gasteiger partial charge in [-0.15, -0.1) is 0 Å². The second kappa shape index (κ2) is 5.90. The van der Waals surface area contributed by atoms with E-state index >= 15 is 0 Å². The Bertz CT molecular complexity index is 581. The zero-order valence-corrected chi connectivity index (χ0v) is 12.1. The van der Waals surface area contributed by atoms with Gasteiger partial charge in [-0.2, -0.15) is 0 Å². The number of ether oxygens (including phenoxy) is 4. The maximum Gasteiger partial charge on any atom is 0.341 e. The van der Waals surface area contributed by atoms with Crippen LogP contribution in [0.2, 0.25) is 0 Å². The number of benzene rings is 1. The molecule has 1 aromatic rings. The number of nitrogen functional groups attached to an aromatic ring is 1. The molecule has 2 rings (SSSR count). The highest BCUT2D eigenvalue weighted by Gasteiger charge is 2.30. The fourth-order valence-corrected chi connectivity index (χ4v) is 1.93. The number of carbonyl (C=O) groups excluding carboxylic acids is 2. The van der Waals surface area contributed by atoms with E-state index in [0.29, 0.717) is 5.75 Å². The lowest BCUT2D eigenvalue weighted by Crippen LogP contribution is -2.19. The molecular formula is C14H17NO6. The van der Waals surface area contributed by atoms with Gasteiger partial charge < -0.3 is 24.7 Å². The van der Waals surface area contributed by atoms with Crippen LogP contribution < -0.4 is 15.2 Å². The molecule has 7 heteroatoms. The minimum atomic E-state index is -0.705. The van der Waals surface area contributed by atoms with E-state index in [1.807, 2.05) is 0 Å². The van der Waals surface area contributed by atoms with Crippen LogP contribution >= 0.6 is 0 Å². The van der Waals surface area contributed by atoms with Crippen molar-refractivity contribution < 1.29 is 28.5 Å². The Labute approximate surface area is 121 Å². The molecule has 1 aliphatic heterocycles. The van der Waals surface area contributed by atoms with Gasteiger partial charge in [-0.25, -0.2) is 9.59 Å². The molecule has 0 bridgehead atoms. The average Bonchev–Trinajstić information content (AvgIpc) is 2.86. The number of nitrogens with two attached hydrogens (primary N) is 1. The van der Waals surface area contributed by atoms with E-state index in [2.05, 4.69) is 0 Å². The van der Waals surface area contributed by atoms with E-state index in [-0.39, 0.29) is 42.1 Å². The molecule has 0 amide bonds. The maximum absolute atomic E-state index is 12.2. The lowest BCUT2D eigenvalue weighted by atomic mass is 10.0. The average molecular weight is 295 g/mol. The lowest BCUT2D eigenvalue weighted by molar-refractivity contribution is 0.0364. The Morgan fingerprint density at radius 1 is 1.33 bits per heavy atom. The summed E-state index contributed by atoms with van der Waals surface area (Å²) in [5, 5.41) is 0. The van der Waals surface area contributed by atoms with Crippen LogP contribution in [0.1, 0.15) is 41.5 Å². The molecule has 0 unspecified atom stereocenters. The molecule has 0 radical (unpaired) electrons. The van der Waals surface area contributed by atoms with Gasteiger partial charge in [0.25, 0.3) is 0 Å². The molecular weight excluding hydrogens is 278 g/mol. The van der Waals surface area contributed by atoms with Gasteiger partial charge in [0, 0.05) is 0 Å². The highest BCUT2D eigenvalue weighted by Crippen LogP contribution is 2.42. The van der Waals surface area contributed by atoms with Crippen LogP contribution in [0.4, 0.5) is 5.69 Å². The van der Waals surface area contributed by atoms with Gasteiger partial charge in [0.1, 0.15) is 5.56 Å². The van der Waals surface area contributed by atoms with Crippen molar-refractivity contribution in [3.05, 3.63) is 17.2 Å². The molecule has 0 fully saturated rings. The van der Waals surface area contributed by atoms with E-state index in [9.17, 15) is 9.59 Å². The van der Waals surface area contributed by atoms with E-state index in [0.717, 1.165) is 0 Å². The summed E-state index contributed by atoms with van der Waals surface area (Å²) in [7, 11) is 0. The summed E-state index contributed by atoms with van der Waals surface area (Å²) in [5.41, 5.74) is 5.89. The first-order chi connectivity index (χ1) is 9.95. The quantitative estimate of drug-likeness (QED) is 0.667. The third-order valence-corrected chi connectivity index (χ3v) is 2.74. The summed E-state index contributed by atoms with van der Waals surface area (Å²) < 4.78 is 20.5. The van der Waals surface area contributed by atoms with Crippen molar-refractivity contribution in [2.75, 3.05) is 19.1 Å². The summed E-state index contributed by atoms with van der Waals surface area (Å²) in [6, 6.07) is 1.38. The van der Waals surface area contributed by atoms with Gasteiger partial charge >= 0.3 is 11.9 Å². The minimum Gasteiger partial charge on any atom is -0.462 e. The number of fused-ring (bicyclic) bond motifs is 1. The fraction of sp³-hybridized carbons (Fsp3) is 0.429. The van der Waals surface area contributed by atoms with Crippen molar-refractivity contribution in [2.24, 2.45) is 0 Å². The molecule has 2 N–H and O–H groups in total. The standard InChI is InChI=1S/C14H17NO6/c1-4-18-13(16)8-5-9-12(20-6-19-9)11(15)10(8)14(17)21-7(2)3/h5,7H,4,6,15H2,1-3H3. The molecule has 114 valence electrons. The van der Waals surface area contributed by atoms with Gasteiger partial charge in [0.15, 0.2) is 11.5 Å². The third-order valence-electron chi connectivity index (χ3n) is 2.74. The van der Waals surface area contributed by atoms with Gasteiger partial charge in [-0.3, -0.25) is 0 Å². The normalized spacial score (nSPS) is 12.4. The number of rotatable bonds is 4. The molecule has 0 saturated heterocycles. The van der Waals surface area contributed by atoms with Gasteiger partial charge in [0.05, 0.1) is 24.0 Å². The summed E-state index contributed by atoms with van der Waals surface area (Å²) >= 11 is 0. The van der Waals surface area contributed by atoms with Crippen LogP contribution in [0, 0.1) is 0 Å². The number of hydrogen-bond acceptors (Lipinski definition) is 7. The topological polar surface area (TPSA) is 97.1 Å². The molecule has 21 heavy (non-hydrogen) atoms. The van der Waals surface area contributed by atoms with Gasteiger partial charge in [-0.05, 0) is 26.8 Å². The van der Waals surface area contributed by atoms with E-state index in [4.69, 9.17) is 24.7 Å². The second-order valence-corrected chi connectivity index (χ2v) is 4.62. The monoisotopic (exact) mass is 295 g/mol. The maximum atomic E-state index is 12.2. The Hall–Kier alpha value is -2.44. The molecule has 1 aromatic carbocycles. The predicted octanol–water partition coefficient (Wildman–Crippen LogP) is 1.74. The molecule has 0 aliphatic carbocycles. The van der Waals surface area contributed by atoms with Crippen LogP contribution in [-0.2, 0) is 9.47 Å². The van der Waals surface area contributed by atoms with Crippen LogP contribution in [0.3, 0.4) is 0 Å². The zero-order valence-electron chi connectivity index (χ0n) is 12.1. The Kier molecular flexibility index (Phi) is 4.21. The highest BCUT2D eigenvalue weighted by molar-refractivity contribution is 6.08. The van der Waals surface area contributed by atoms with Crippen LogP contribution in [0.15, 0.2) is 6.07 Å². The molecule has 0 saturated carbocycles. The molecule has 1 heterocycles. The summed E-state index contributed by atoms with van der Waals surface area (Å²) in [5.74, 6) is -0.836.